The van der Waals surface area contributed by atoms with Gasteiger partial charge in [-0.2, -0.15) is 18.3 Å². The molecule has 3 N–H and O–H groups in total. The highest BCUT2D eigenvalue weighted by Crippen LogP contribution is 2.45. The van der Waals surface area contributed by atoms with Gasteiger partial charge in [-0.25, -0.2) is 9.48 Å². The number of piperidine rings is 1. The van der Waals surface area contributed by atoms with Crippen molar-refractivity contribution in [1.82, 2.24) is 25.0 Å². The Morgan fingerprint density at radius 2 is 1.90 bits per heavy atom. The standard InChI is InChI=1S/C27H29F3N6O5/c1-40-21-8-6-15(10-22(21)41-2)19-11-23(27(28,29)30)36-24(33-19)12-20(34-36)16-5-7-18(31-13-16)25(37)32-17-4-3-9-35(14-17)26(38)39/h5-8,10,12-13,17,19,23,33H,3-4,9,11,14H2,1-2H3,(H,32,37)(H,38,39). The molecular formula is C27H29F3N6O5. The summed E-state index contributed by atoms with van der Waals surface area (Å²) in [7, 11) is 2.94. The molecule has 2 aromatic heterocycles. The molecule has 2 aliphatic rings. The largest absolute Gasteiger partial charge is 0.493 e. The number of methoxy groups -OCH3 is 2. The van der Waals surface area contributed by atoms with Gasteiger partial charge in [0.15, 0.2) is 17.5 Å². The molecule has 3 atom stereocenters. The number of halogens is 3. The molecule has 0 saturated carbocycles. The third-order valence-corrected chi connectivity index (χ3v) is 7.32. The van der Waals surface area contributed by atoms with Crippen LogP contribution in [-0.4, -0.2) is 76.3 Å². The van der Waals surface area contributed by atoms with Crippen LogP contribution in [0, 0.1) is 0 Å². The third kappa shape index (κ3) is 5.86. The monoisotopic (exact) mass is 574 g/mol. The topological polar surface area (TPSA) is 131 Å². The summed E-state index contributed by atoms with van der Waals surface area (Å²) in [6, 6.07) is 6.66. The normalized spacial score (nSPS) is 20.5. The fraction of sp³-hybridized carbons (Fsp3) is 0.407. The second kappa shape index (κ2) is 11.2. The summed E-state index contributed by atoms with van der Waals surface area (Å²) < 4.78 is 54.0. The predicted octanol–water partition coefficient (Wildman–Crippen LogP) is 4.49. The van der Waals surface area contributed by atoms with Crippen molar-refractivity contribution in [2.75, 3.05) is 32.6 Å². The highest BCUT2D eigenvalue weighted by atomic mass is 19.4. The first-order valence-corrected chi connectivity index (χ1v) is 13.0. The Morgan fingerprint density at radius 1 is 1.12 bits per heavy atom. The zero-order valence-corrected chi connectivity index (χ0v) is 22.3. The molecule has 14 heteroatoms. The van der Waals surface area contributed by atoms with Crippen LogP contribution in [0.15, 0.2) is 42.6 Å². The molecule has 0 aliphatic carbocycles. The van der Waals surface area contributed by atoms with Gasteiger partial charge in [0.1, 0.15) is 11.5 Å². The summed E-state index contributed by atoms with van der Waals surface area (Å²) in [6.45, 7) is 0.611. The van der Waals surface area contributed by atoms with Crippen molar-refractivity contribution in [2.24, 2.45) is 0 Å². The van der Waals surface area contributed by atoms with Gasteiger partial charge in [-0.3, -0.25) is 9.78 Å². The number of carboxylic acid groups (broad SMARTS) is 1. The Balaban J connectivity index is 1.35. The molecule has 0 bridgehead atoms. The average molecular weight is 575 g/mol. The number of hydrogen-bond donors (Lipinski definition) is 3. The highest BCUT2D eigenvalue weighted by Gasteiger charge is 2.46. The number of aromatic nitrogens is 3. The van der Waals surface area contributed by atoms with E-state index in [9.17, 15) is 27.9 Å². The maximum Gasteiger partial charge on any atom is 0.410 e. The first-order valence-electron chi connectivity index (χ1n) is 13.0. The lowest BCUT2D eigenvalue weighted by Gasteiger charge is -2.33. The van der Waals surface area contributed by atoms with Crippen molar-refractivity contribution >= 4 is 17.8 Å². The van der Waals surface area contributed by atoms with Gasteiger partial charge in [0, 0.05) is 43.4 Å². The van der Waals surface area contributed by atoms with E-state index in [0.717, 1.165) is 4.68 Å². The van der Waals surface area contributed by atoms with Crippen LogP contribution < -0.4 is 20.1 Å². The number of carbonyl (C=O) groups excluding carboxylic acids is 1. The lowest BCUT2D eigenvalue weighted by molar-refractivity contribution is -0.173. The fourth-order valence-corrected chi connectivity index (χ4v) is 5.21. The molecule has 3 unspecified atom stereocenters. The number of amides is 2. The summed E-state index contributed by atoms with van der Waals surface area (Å²) >= 11 is 0. The summed E-state index contributed by atoms with van der Waals surface area (Å²) in [5.41, 5.74) is 1.40. The second-order valence-electron chi connectivity index (χ2n) is 9.94. The second-order valence-corrected chi connectivity index (χ2v) is 9.94. The molecule has 4 heterocycles. The molecule has 1 saturated heterocycles. The van der Waals surface area contributed by atoms with Gasteiger partial charge < -0.3 is 30.1 Å². The average Bonchev–Trinajstić information content (AvgIpc) is 3.40. The van der Waals surface area contributed by atoms with Gasteiger partial charge in [-0.15, -0.1) is 0 Å². The van der Waals surface area contributed by atoms with Gasteiger partial charge in [-0.05, 0) is 42.7 Å². The number of rotatable bonds is 6. The third-order valence-electron chi connectivity index (χ3n) is 7.32. The van der Waals surface area contributed by atoms with Gasteiger partial charge in [0.2, 0.25) is 0 Å². The Bertz CT molecular complexity index is 1430. The number of likely N-dealkylation sites (tertiary alicyclic amines) is 1. The van der Waals surface area contributed by atoms with Crippen LogP contribution in [0.1, 0.15) is 47.4 Å². The number of hydrogen-bond acceptors (Lipinski definition) is 7. The molecule has 41 heavy (non-hydrogen) atoms. The highest BCUT2D eigenvalue weighted by molar-refractivity contribution is 5.92. The Labute approximate surface area is 233 Å². The number of fused-ring (bicyclic) bond motifs is 1. The van der Waals surface area contributed by atoms with E-state index in [2.05, 4.69) is 20.7 Å². The first kappa shape index (κ1) is 28.1. The molecule has 2 aliphatic heterocycles. The maximum atomic E-state index is 14.2. The number of ether oxygens (including phenoxy) is 2. The van der Waals surface area contributed by atoms with Crippen LogP contribution >= 0.6 is 0 Å². The van der Waals surface area contributed by atoms with Gasteiger partial charge in [0.05, 0.1) is 26.0 Å². The van der Waals surface area contributed by atoms with E-state index in [1.165, 1.54) is 37.4 Å². The summed E-state index contributed by atoms with van der Waals surface area (Å²) in [6.07, 6.45) is -3.22. The predicted molar refractivity (Wildman–Crippen MR) is 141 cm³/mol. The van der Waals surface area contributed by atoms with Crippen LogP contribution in [-0.2, 0) is 0 Å². The summed E-state index contributed by atoms with van der Waals surface area (Å²) in [5, 5.41) is 19.4. The molecule has 1 fully saturated rings. The van der Waals surface area contributed by atoms with Crippen molar-refractivity contribution in [3.8, 4) is 22.8 Å². The van der Waals surface area contributed by atoms with E-state index in [1.807, 2.05) is 0 Å². The molecule has 2 amide bonds. The summed E-state index contributed by atoms with van der Waals surface area (Å²) in [5.74, 6) is 0.607. The van der Waals surface area contributed by atoms with Crippen LogP contribution in [0.3, 0.4) is 0 Å². The minimum absolute atomic E-state index is 0.102. The van der Waals surface area contributed by atoms with E-state index < -0.39 is 30.3 Å². The minimum Gasteiger partial charge on any atom is -0.493 e. The van der Waals surface area contributed by atoms with E-state index in [4.69, 9.17) is 9.47 Å². The Kier molecular flexibility index (Phi) is 7.65. The summed E-state index contributed by atoms with van der Waals surface area (Å²) in [4.78, 5) is 29.4. The van der Waals surface area contributed by atoms with Crippen LogP contribution in [0.4, 0.5) is 23.8 Å². The molecular weight excluding hydrogens is 545 g/mol. The smallest absolute Gasteiger partial charge is 0.410 e. The van der Waals surface area contributed by atoms with Crippen molar-refractivity contribution in [3.63, 3.8) is 0 Å². The molecule has 0 spiro atoms. The number of alkyl halides is 3. The maximum absolute atomic E-state index is 14.2. The van der Waals surface area contributed by atoms with Gasteiger partial charge in [-0.1, -0.05) is 6.07 Å². The Morgan fingerprint density at radius 3 is 2.56 bits per heavy atom. The zero-order valence-electron chi connectivity index (χ0n) is 22.3. The van der Waals surface area contributed by atoms with Crippen LogP contribution in [0.2, 0.25) is 0 Å². The van der Waals surface area contributed by atoms with E-state index >= 15 is 0 Å². The molecule has 218 valence electrons. The quantitative estimate of drug-likeness (QED) is 0.393. The van der Waals surface area contributed by atoms with E-state index in [1.54, 1.807) is 24.3 Å². The Hall–Kier alpha value is -4.49. The molecule has 0 radical (unpaired) electrons. The van der Waals surface area contributed by atoms with Gasteiger partial charge in [0.25, 0.3) is 5.91 Å². The van der Waals surface area contributed by atoms with Crippen LogP contribution in [0.5, 0.6) is 11.5 Å². The molecule has 5 rings (SSSR count). The molecule has 1 aromatic carbocycles. The lowest BCUT2D eigenvalue weighted by Crippen LogP contribution is -2.49. The van der Waals surface area contributed by atoms with E-state index in [0.29, 0.717) is 42.0 Å². The SMILES string of the molecule is COc1ccc(C2CC(C(F)(F)F)n3nc(-c4ccc(C(=O)NC5CCCN(C(=O)O)C5)nc4)cc3N2)cc1OC. The van der Waals surface area contributed by atoms with Crippen LogP contribution in [0.25, 0.3) is 11.3 Å². The number of benzene rings is 1. The number of anilines is 1. The zero-order chi connectivity index (χ0) is 29.3. The van der Waals surface area contributed by atoms with Crippen molar-refractivity contribution in [1.29, 1.82) is 0 Å². The number of pyridine rings is 1. The minimum atomic E-state index is -4.55. The van der Waals surface area contributed by atoms with Crippen molar-refractivity contribution in [2.45, 2.75) is 43.6 Å². The van der Waals surface area contributed by atoms with Gasteiger partial charge >= 0.3 is 12.3 Å². The van der Waals surface area contributed by atoms with Crippen molar-refractivity contribution in [3.05, 3.63) is 53.9 Å². The number of nitrogens with one attached hydrogen (secondary N) is 2. The lowest BCUT2D eigenvalue weighted by atomic mass is 9.96. The van der Waals surface area contributed by atoms with E-state index in [-0.39, 0.29) is 36.2 Å². The first-order chi connectivity index (χ1) is 19.6. The molecule has 11 nitrogen and oxygen atoms in total. The number of carbonyl (C=O) groups is 2. The fourth-order valence-electron chi connectivity index (χ4n) is 5.21. The van der Waals surface area contributed by atoms with Crippen molar-refractivity contribution < 1.29 is 37.3 Å². The number of nitrogens with zero attached hydrogens (tertiary/aromatic N) is 4. The molecule has 3 aromatic rings.